The van der Waals surface area contributed by atoms with Gasteiger partial charge in [-0.05, 0) is 47.0 Å². The molecule has 0 aromatic heterocycles. The second-order valence-electron chi connectivity index (χ2n) is 10.3. The molecule has 0 aromatic rings. The van der Waals surface area contributed by atoms with E-state index in [4.69, 9.17) is 9.47 Å². The quantitative estimate of drug-likeness (QED) is 0.521. The molecule has 0 aromatic carbocycles. The molecule has 4 rings (SSSR count). The van der Waals surface area contributed by atoms with E-state index < -0.39 is 40.6 Å². The standard InChI is InChI=1S/C24H34N2O6/c1-22(2,3)26-13-8-11-24-16(19(28)25(12-9-14-27)18(24)20(26)29)17-21(30)31-15-7-5-6-10-23(17,4)32-24/h6,8,10-11,16-18,27H,5,7,9,12-15H2,1-4H3/b10-6-/t16-,17-,18?,23+,24-/m0/s1. The highest BCUT2D eigenvalue weighted by atomic mass is 16.6. The summed E-state index contributed by atoms with van der Waals surface area (Å²) in [6, 6.07) is -0.905. The molecule has 2 amide bonds. The number of fused-ring (bicyclic) bond motifs is 2. The van der Waals surface area contributed by atoms with E-state index >= 15 is 0 Å². The number of nitrogens with zero attached hydrogens (tertiary/aromatic N) is 2. The molecule has 0 aliphatic carbocycles. The van der Waals surface area contributed by atoms with Gasteiger partial charge in [0.05, 0.1) is 18.1 Å². The van der Waals surface area contributed by atoms with Crippen molar-refractivity contribution in [3.05, 3.63) is 24.3 Å². The van der Waals surface area contributed by atoms with Crippen LogP contribution < -0.4 is 0 Å². The van der Waals surface area contributed by atoms with Gasteiger partial charge in [-0.25, -0.2) is 0 Å². The number of amides is 2. The second kappa shape index (κ2) is 7.99. The first kappa shape index (κ1) is 23.0. The van der Waals surface area contributed by atoms with Crippen molar-refractivity contribution < 1.29 is 29.0 Å². The average molecular weight is 447 g/mol. The van der Waals surface area contributed by atoms with Crippen LogP contribution in [0.1, 0.15) is 47.0 Å². The highest BCUT2D eigenvalue weighted by Gasteiger charge is 2.74. The minimum Gasteiger partial charge on any atom is -0.465 e. The number of allylic oxidation sites excluding steroid dienone is 1. The van der Waals surface area contributed by atoms with Crippen LogP contribution in [0.15, 0.2) is 24.3 Å². The van der Waals surface area contributed by atoms with Crippen LogP contribution in [0.4, 0.5) is 0 Å². The minimum atomic E-state index is -1.27. The van der Waals surface area contributed by atoms with Gasteiger partial charge in [-0.3, -0.25) is 14.4 Å². The third-order valence-electron chi connectivity index (χ3n) is 7.12. The second-order valence-corrected chi connectivity index (χ2v) is 10.3. The molecule has 8 nitrogen and oxygen atoms in total. The molecule has 5 atom stereocenters. The number of hydrogen-bond donors (Lipinski definition) is 1. The van der Waals surface area contributed by atoms with E-state index in [1.165, 1.54) is 4.90 Å². The Labute approximate surface area is 189 Å². The molecule has 4 aliphatic heterocycles. The largest absolute Gasteiger partial charge is 0.465 e. The fourth-order valence-corrected chi connectivity index (χ4v) is 5.72. The zero-order valence-electron chi connectivity index (χ0n) is 19.4. The Morgan fingerprint density at radius 2 is 1.88 bits per heavy atom. The number of carbonyl (C=O) groups is 3. The lowest BCUT2D eigenvalue weighted by molar-refractivity contribution is -0.160. The molecule has 0 radical (unpaired) electrons. The Bertz CT molecular complexity index is 861. The summed E-state index contributed by atoms with van der Waals surface area (Å²) in [5.74, 6) is -2.69. The maximum atomic E-state index is 13.9. The molecule has 176 valence electrons. The summed E-state index contributed by atoms with van der Waals surface area (Å²) in [4.78, 5) is 44.2. The molecule has 2 fully saturated rings. The van der Waals surface area contributed by atoms with Gasteiger partial charge in [-0.2, -0.15) is 0 Å². The van der Waals surface area contributed by atoms with E-state index in [1.807, 2.05) is 45.1 Å². The molecule has 32 heavy (non-hydrogen) atoms. The summed E-state index contributed by atoms with van der Waals surface area (Å²) in [5, 5.41) is 9.42. The van der Waals surface area contributed by atoms with E-state index in [1.54, 1.807) is 11.8 Å². The molecule has 0 bridgehead atoms. The van der Waals surface area contributed by atoms with E-state index in [2.05, 4.69) is 0 Å². The maximum Gasteiger partial charge on any atom is 0.313 e. The Morgan fingerprint density at radius 3 is 2.56 bits per heavy atom. The first-order valence-electron chi connectivity index (χ1n) is 11.5. The molecule has 4 aliphatic rings. The molecule has 1 N–H and O–H groups in total. The fourth-order valence-electron chi connectivity index (χ4n) is 5.72. The maximum absolute atomic E-state index is 13.9. The van der Waals surface area contributed by atoms with Crippen LogP contribution in [-0.2, 0) is 23.9 Å². The third-order valence-corrected chi connectivity index (χ3v) is 7.12. The lowest BCUT2D eigenvalue weighted by Crippen LogP contribution is -2.59. The van der Waals surface area contributed by atoms with Crippen LogP contribution in [0.3, 0.4) is 0 Å². The van der Waals surface area contributed by atoms with Crippen molar-refractivity contribution >= 4 is 17.8 Å². The Morgan fingerprint density at radius 1 is 1.12 bits per heavy atom. The molecular weight excluding hydrogens is 412 g/mol. The van der Waals surface area contributed by atoms with Crippen LogP contribution in [0, 0.1) is 11.8 Å². The Balaban J connectivity index is 1.87. The van der Waals surface area contributed by atoms with Crippen molar-refractivity contribution in [2.24, 2.45) is 11.8 Å². The Kier molecular flexibility index (Phi) is 5.74. The average Bonchev–Trinajstić information content (AvgIpc) is 3.04. The van der Waals surface area contributed by atoms with Crippen molar-refractivity contribution in [3.63, 3.8) is 0 Å². The number of aliphatic hydroxyl groups excluding tert-OH is 1. The lowest BCUT2D eigenvalue weighted by Gasteiger charge is -2.41. The van der Waals surface area contributed by atoms with Crippen LogP contribution in [0.5, 0.6) is 0 Å². The van der Waals surface area contributed by atoms with Crippen molar-refractivity contribution in [2.75, 3.05) is 26.3 Å². The number of ether oxygens (including phenoxy) is 2. The summed E-state index contributed by atoms with van der Waals surface area (Å²) in [6.07, 6.45) is 9.33. The van der Waals surface area contributed by atoms with Gasteiger partial charge in [0.1, 0.15) is 17.6 Å². The van der Waals surface area contributed by atoms with Gasteiger partial charge in [0.25, 0.3) is 0 Å². The molecular formula is C24H34N2O6. The molecule has 4 heterocycles. The summed E-state index contributed by atoms with van der Waals surface area (Å²) in [7, 11) is 0. The van der Waals surface area contributed by atoms with Crippen LogP contribution >= 0.6 is 0 Å². The highest BCUT2D eigenvalue weighted by Crippen LogP contribution is 2.57. The summed E-state index contributed by atoms with van der Waals surface area (Å²) in [6.45, 7) is 8.46. The van der Waals surface area contributed by atoms with Gasteiger partial charge in [0.15, 0.2) is 0 Å². The Hall–Kier alpha value is -2.19. The number of likely N-dealkylation sites (tertiary alicyclic amines) is 1. The fraction of sp³-hybridized carbons (Fsp3) is 0.708. The van der Waals surface area contributed by atoms with Crippen LogP contribution in [0.25, 0.3) is 0 Å². The summed E-state index contributed by atoms with van der Waals surface area (Å²) in [5.41, 5.74) is -2.80. The van der Waals surface area contributed by atoms with E-state index in [9.17, 15) is 19.5 Å². The highest BCUT2D eigenvalue weighted by molar-refractivity contribution is 5.99. The smallest absolute Gasteiger partial charge is 0.313 e. The van der Waals surface area contributed by atoms with Crippen LogP contribution in [-0.4, -0.2) is 81.8 Å². The number of hydrogen-bond acceptors (Lipinski definition) is 6. The number of cyclic esters (lactones) is 1. The number of carbonyl (C=O) groups excluding carboxylic acids is 3. The van der Waals surface area contributed by atoms with Gasteiger partial charge < -0.3 is 24.4 Å². The molecule has 1 unspecified atom stereocenters. The van der Waals surface area contributed by atoms with E-state index in [0.717, 1.165) is 6.42 Å². The predicted molar refractivity (Wildman–Crippen MR) is 116 cm³/mol. The van der Waals surface area contributed by atoms with E-state index in [-0.39, 0.29) is 31.6 Å². The van der Waals surface area contributed by atoms with Gasteiger partial charge in [-0.15, -0.1) is 0 Å². The van der Waals surface area contributed by atoms with Crippen molar-refractivity contribution in [1.29, 1.82) is 0 Å². The molecule has 0 saturated carbocycles. The summed E-state index contributed by atoms with van der Waals surface area (Å²) >= 11 is 0. The number of esters is 1. The molecule has 1 spiro atoms. The third kappa shape index (κ3) is 3.39. The van der Waals surface area contributed by atoms with Crippen LogP contribution in [0.2, 0.25) is 0 Å². The zero-order valence-corrected chi connectivity index (χ0v) is 19.4. The number of aliphatic hydroxyl groups is 1. The first-order chi connectivity index (χ1) is 15.1. The first-order valence-corrected chi connectivity index (χ1v) is 11.5. The zero-order chi connectivity index (χ0) is 23.3. The number of rotatable bonds is 3. The SMILES string of the molecule is CC(C)(C)N1CC=C[C@]23O[C@]4(C)/C=C\CCCOC(=O)[C@@H]4[C@H]2C(=O)N(CCCO)C3C1=O. The van der Waals surface area contributed by atoms with E-state index in [0.29, 0.717) is 19.4 Å². The predicted octanol–water partition coefficient (Wildman–Crippen LogP) is 1.43. The molecule has 8 heteroatoms. The van der Waals surface area contributed by atoms with Gasteiger partial charge in [-0.1, -0.05) is 24.3 Å². The van der Waals surface area contributed by atoms with Gasteiger partial charge in [0.2, 0.25) is 11.8 Å². The summed E-state index contributed by atoms with van der Waals surface area (Å²) < 4.78 is 12.2. The van der Waals surface area contributed by atoms with Gasteiger partial charge >= 0.3 is 5.97 Å². The van der Waals surface area contributed by atoms with Crippen molar-refractivity contribution in [1.82, 2.24) is 9.80 Å². The minimum absolute atomic E-state index is 0.103. The molecule has 2 saturated heterocycles. The van der Waals surface area contributed by atoms with Crippen molar-refractivity contribution in [2.45, 2.75) is 69.7 Å². The lowest BCUT2D eigenvalue weighted by atomic mass is 9.74. The van der Waals surface area contributed by atoms with Crippen molar-refractivity contribution in [3.8, 4) is 0 Å². The topological polar surface area (TPSA) is 96.4 Å². The van der Waals surface area contributed by atoms with Gasteiger partial charge in [0, 0.05) is 25.2 Å². The normalized spacial score (nSPS) is 38.3. The monoisotopic (exact) mass is 446 g/mol.